The predicted octanol–water partition coefficient (Wildman–Crippen LogP) is 3.72. The zero-order chi connectivity index (χ0) is 14.7. The Morgan fingerprint density at radius 1 is 1.35 bits per heavy atom. The number of halogens is 1. The number of rotatable bonds is 5. The first-order valence-corrected chi connectivity index (χ1v) is 7.05. The summed E-state index contributed by atoms with van der Waals surface area (Å²) in [7, 11) is 0. The fourth-order valence-electron chi connectivity index (χ4n) is 1.98. The summed E-state index contributed by atoms with van der Waals surface area (Å²) < 4.78 is 7.85. The minimum atomic E-state index is -0.0380. The van der Waals surface area contributed by atoms with Gasteiger partial charge in [0.25, 0.3) is 0 Å². The summed E-state index contributed by atoms with van der Waals surface area (Å²) in [4.78, 5) is 4.15. The van der Waals surface area contributed by atoms with E-state index in [4.69, 9.17) is 22.1 Å². The van der Waals surface area contributed by atoms with Crippen LogP contribution < -0.4 is 10.5 Å². The van der Waals surface area contributed by atoms with Crippen molar-refractivity contribution >= 4 is 11.6 Å². The molecule has 0 aliphatic rings. The van der Waals surface area contributed by atoms with E-state index >= 15 is 0 Å². The van der Waals surface area contributed by atoms with Gasteiger partial charge in [-0.15, -0.1) is 0 Å². The summed E-state index contributed by atoms with van der Waals surface area (Å²) >= 11 is 6.21. The van der Waals surface area contributed by atoms with Crippen molar-refractivity contribution in [1.82, 2.24) is 9.55 Å². The van der Waals surface area contributed by atoms with Gasteiger partial charge >= 0.3 is 0 Å². The lowest BCUT2D eigenvalue weighted by Crippen LogP contribution is -2.08. The van der Waals surface area contributed by atoms with Gasteiger partial charge in [-0.3, -0.25) is 0 Å². The van der Waals surface area contributed by atoms with Crippen LogP contribution in [-0.2, 0) is 6.61 Å². The molecule has 2 N–H and O–H groups in total. The standard InChI is InChI=1S/C15H20ClN3O/c1-10(2)19-9-18-7-13(19)8-20-15-5-4-12(11(3)17)6-14(15)16/h4-7,9-11H,8,17H2,1-3H3/t11-/m0/s1. The second-order valence-corrected chi connectivity index (χ2v) is 5.56. The third-order valence-electron chi connectivity index (χ3n) is 3.16. The van der Waals surface area contributed by atoms with Crippen molar-refractivity contribution in [2.75, 3.05) is 0 Å². The zero-order valence-electron chi connectivity index (χ0n) is 12.0. The minimum absolute atomic E-state index is 0.0380. The number of aromatic nitrogens is 2. The third kappa shape index (κ3) is 3.32. The van der Waals surface area contributed by atoms with Crippen molar-refractivity contribution in [3.8, 4) is 5.75 Å². The van der Waals surface area contributed by atoms with Gasteiger partial charge in [0.15, 0.2) is 0 Å². The maximum absolute atomic E-state index is 6.21. The highest BCUT2D eigenvalue weighted by Crippen LogP contribution is 2.28. The number of nitrogens with zero attached hydrogens (tertiary/aromatic N) is 2. The first kappa shape index (κ1) is 14.9. The minimum Gasteiger partial charge on any atom is -0.486 e. The van der Waals surface area contributed by atoms with Gasteiger partial charge in [0.05, 0.1) is 23.2 Å². The van der Waals surface area contributed by atoms with E-state index in [1.165, 1.54) is 0 Å². The van der Waals surface area contributed by atoms with E-state index < -0.39 is 0 Å². The van der Waals surface area contributed by atoms with E-state index in [9.17, 15) is 0 Å². The topological polar surface area (TPSA) is 53.1 Å². The molecule has 4 nitrogen and oxygen atoms in total. The third-order valence-corrected chi connectivity index (χ3v) is 3.46. The predicted molar refractivity (Wildman–Crippen MR) is 81.0 cm³/mol. The molecule has 0 bridgehead atoms. The second kappa shape index (κ2) is 6.29. The molecule has 20 heavy (non-hydrogen) atoms. The summed E-state index contributed by atoms with van der Waals surface area (Å²) in [5, 5.41) is 0.579. The monoisotopic (exact) mass is 293 g/mol. The van der Waals surface area contributed by atoms with Crippen molar-refractivity contribution in [3.63, 3.8) is 0 Å². The maximum atomic E-state index is 6.21. The van der Waals surface area contributed by atoms with E-state index in [1.54, 1.807) is 0 Å². The smallest absolute Gasteiger partial charge is 0.138 e. The summed E-state index contributed by atoms with van der Waals surface area (Å²) in [5.41, 5.74) is 7.84. The molecular weight excluding hydrogens is 274 g/mol. The van der Waals surface area contributed by atoms with Crippen molar-refractivity contribution in [3.05, 3.63) is 47.0 Å². The molecule has 0 amide bonds. The van der Waals surface area contributed by atoms with Gasteiger partial charge in [-0.2, -0.15) is 0 Å². The summed E-state index contributed by atoms with van der Waals surface area (Å²) in [5.74, 6) is 0.660. The molecule has 2 aromatic rings. The van der Waals surface area contributed by atoms with E-state index in [1.807, 2.05) is 37.6 Å². The lowest BCUT2D eigenvalue weighted by molar-refractivity contribution is 0.292. The van der Waals surface area contributed by atoms with Crippen LogP contribution in [-0.4, -0.2) is 9.55 Å². The van der Waals surface area contributed by atoms with Crippen LogP contribution in [0.15, 0.2) is 30.7 Å². The Hall–Kier alpha value is -1.52. The van der Waals surface area contributed by atoms with Crippen LogP contribution >= 0.6 is 11.6 Å². The van der Waals surface area contributed by atoms with Crippen LogP contribution in [0.2, 0.25) is 5.02 Å². The molecule has 0 radical (unpaired) electrons. The highest BCUT2D eigenvalue weighted by Gasteiger charge is 2.09. The Morgan fingerprint density at radius 2 is 2.10 bits per heavy atom. The molecule has 2 rings (SSSR count). The highest BCUT2D eigenvalue weighted by molar-refractivity contribution is 6.32. The number of hydrogen-bond acceptors (Lipinski definition) is 3. The maximum Gasteiger partial charge on any atom is 0.138 e. The fraction of sp³-hybridized carbons (Fsp3) is 0.400. The Kier molecular flexibility index (Phi) is 4.68. The van der Waals surface area contributed by atoms with E-state index in [0.717, 1.165) is 11.3 Å². The first-order chi connectivity index (χ1) is 9.49. The molecule has 0 fully saturated rings. The van der Waals surface area contributed by atoms with Gasteiger partial charge in [-0.1, -0.05) is 17.7 Å². The Labute approximate surface area is 124 Å². The molecule has 5 heteroatoms. The van der Waals surface area contributed by atoms with Gasteiger partial charge in [-0.25, -0.2) is 4.98 Å². The molecular formula is C15H20ClN3O. The van der Waals surface area contributed by atoms with Gasteiger partial charge in [-0.05, 0) is 38.5 Å². The zero-order valence-corrected chi connectivity index (χ0v) is 12.8. The fourth-order valence-corrected chi connectivity index (χ4v) is 2.22. The molecule has 0 unspecified atom stereocenters. The van der Waals surface area contributed by atoms with Crippen LogP contribution in [0.25, 0.3) is 0 Å². The quantitative estimate of drug-likeness (QED) is 0.914. The summed E-state index contributed by atoms with van der Waals surface area (Å²) in [6.45, 7) is 6.58. The van der Waals surface area contributed by atoms with E-state index in [2.05, 4.69) is 23.4 Å². The van der Waals surface area contributed by atoms with Gasteiger partial charge in [0, 0.05) is 12.1 Å². The summed E-state index contributed by atoms with van der Waals surface area (Å²) in [6, 6.07) is 5.96. The lowest BCUT2D eigenvalue weighted by Gasteiger charge is -2.14. The van der Waals surface area contributed by atoms with E-state index in [-0.39, 0.29) is 6.04 Å². The van der Waals surface area contributed by atoms with Gasteiger partial charge in [0.2, 0.25) is 0 Å². The molecule has 1 heterocycles. The van der Waals surface area contributed by atoms with Crippen molar-refractivity contribution in [2.45, 2.75) is 39.5 Å². The molecule has 0 spiro atoms. The molecule has 0 saturated heterocycles. The van der Waals surface area contributed by atoms with Gasteiger partial charge < -0.3 is 15.0 Å². The first-order valence-electron chi connectivity index (χ1n) is 6.67. The van der Waals surface area contributed by atoms with Crippen LogP contribution in [0, 0.1) is 0 Å². The molecule has 0 aliphatic carbocycles. The molecule has 1 atom stereocenters. The van der Waals surface area contributed by atoms with Crippen LogP contribution in [0.3, 0.4) is 0 Å². The van der Waals surface area contributed by atoms with Crippen LogP contribution in [0.5, 0.6) is 5.75 Å². The largest absolute Gasteiger partial charge is 0.486 e. The van der Waals surface area contributed by atoms with Gasteiger partial charge in [0.1, 0.15) is 12.4 Å². The summed E-state index contributed by atoms with van der Waals surface area (Å²) in [6.07, 6.45) is 3.62. The second-order valence-electron chi connectivity index (χ2n) is 5.15. The Bertz CT molecular complexity index is 578. The average Bonchev–Trinajstić information content (AvgIpc) is 2.85. The van der Waals surface area contributed by atoms with Crippen molar-refractivity contribution in [2.24, 2.45) is 5.73 Å². The number of imidazole rings is 1. The number of hydrogen-bond donors (Lipinski definition) is 1. The lowest BCUT2D eigenvalue weighted by atomic mass is 10.1. The normalized spacial score (nSPS) is 12.7. The molecule has 0 saturated carbocycles. The molecule has 1 aromatic heterocycles. The Balaban J connectivity index is 2.09. The SMILES string of the molecule is CC(C)n1cncc1COc1ccc([C@H](C)N)cc1Cl. The number of benzene rings is 1. The van der Waals surface area contributed by atoms with Crippen LogP contribution in [0.4, 0.5) is 0 Å². The molecule has 0 aliphatic heterocycles. The molecule has 1 aromatic carbocycles. The Morgan fingerprint density at radius 3 is 2.70 bits per heavy atom. The number of ether oxygens (including phenoxy) is 1. The average molecular weight is 294 g/mol. The number of nitrogens with two attached hydrogens (primary N) is 1. The van der Waals surface area contributed by atoms with Crippen LogP contribution in [0.1, 0.15) is 44.1 Å². The van der Waals surface area contributed by atoms with E-state index in [0.29, 0.717) is 23.4 Å². The van der Waals surface area contributed by atoms with Crippen molar-refractivity contribution in [1.29, 1.82) is 0 Å². The van der Waals surface area contributed by atoms with Crippen molar-refractivity contribution < 1.29 is 4.74 Å². The highest BCUT2D eigenvalue weighted by atomic mass is 35.5. The molecule has 108 valence electrons.